The van der Waals surface area contributed by atoms with Gasteiger partial charge in [0.25, 0.3) is 0 Å². The number of nitrogen functional groups attached to an aromatic ring is 1. The van der Waals surface area contributed by atoms with Crippen molar-refractivity contribution < 1.29 is 9.18 Å². The molecule has 0 aliphatic heterocycles. The van der Waals surface area contributed by atoms with E-state index in [1.54, 1.807) is 24.4 Å². The molecule has 20 heavy (non-hydrogen) atoms. The number of carbonyl (C=O) groups is 1. The maximum Gasteiger partial charge on any atom is 0.234 e. The third kappa shape index (κ3) is 4.21. The van der Waals surface area contributed by atoms with Crippen LogP contribution in [0.2, 0.25) is 0 Å². The van der Waals surface area contributed by atoms with Crippen molar-refractivity contribution in [2.24, 2.45) is 0 Å². The lowest BCUT2D eigenvalue weighted by Crippen LogP contribution is -2.15. The number of rotatable bonds is 4. The van der Waals surface area contributed by atoms with Crippen LogP contribution in [0.3, 0.4) is 0 Å². The Labute approximate surface area is 128 Å². The molecular formula is C13H11BrFN3OS. The second kappa shape index (κ2) is 6.71. The van der Waals surface area contributed by atoms with Gasteiger partial charge in [-0.2, -0.15) is 0 Å². The molecule has 2 aromatic rings. The second-order valence-corrected chi connectivity index (χ2v) is 5.84. The van der Waals surface area contributed by atoms with E-state index in [-0.39, 0.29) is 17.3 Å². The van der Waals surface area contributed by atoms with E-state index >= 15 is 0 Å². The number of pyridine rings is 1. The number of nitrogens with two attached hydrogens (primary N) is 1. The van der Waals surface area contributed by atoms with Crippen LogP contribution in [0, 0.1) is 5.82 Å². The highest BCUT2D eigenvalue weighted by molar-refractivity contribution is 9.10. The summed E-state index contributed by atoms with van der Waals surface area (Å²) in [5.74, 6) is -0.170. The molecule has 0 fully saturated rings. The first-order chi connectivity index (χ1) is 9.54. The number of amides is 1. The van der Waals surface area contributed by atoms with E-state index in [0.717, 1.165) is 4.90 Å². The molecule has 1 heterocycles. The predicted molar refractivity (Wildman–Crippen MR) is 82.1 cm³/mol. The average molecular weight is 356 g/mol. The lowest BCUT2D eigenvalue weighted by atomic mass is 10.3. The molecule has 1 aromatic heterocycles. The number of thioether (sulfide) groups is 1. The fourth-order valence-corrected chi connectivity index (χ4v) is 2.40. The Morgan fingerprint density at radius 2 is 2.20 bits per heavy atom. The summed E-state index contributed by atoms with van der Waals surface area (Å²) in [5, 5.41) is 2.52. The van der Waals surface area contributed by atoms with Gasteiger partial charge in [-0.25, -0.2) is 9.37 Å². The normalized spacial score (nSPS) is 10.3. The van der Waals surface area contributed by atoms with Gasteiger partial charge in [-0.1, -0.05) is 15.9 Å². The number of benzene rings is 1. The molecule has 4 nitrogen and oxygen atoms in total. The van der Waals surface area contributed by atoms with Crippen molar-refractivity contribution in [1.82, 2.24) is 4.98 Å². The van der Waals surface area contributed by atoms with Crippen LogP contribution in [0.15, 0.2) is 45.9 Å². The summed E-state index contributed by atoms with van der Waals surface area (Å²) < 4.78 is 14.2. The van der Waals surface area contributed by atoms with Crippen molar-refractivity contribution >= 4 is 45.1 Å². The van der Waals surface area contributed by atoms with Crippen LogP contribution < -0.4 is 11.1 Å². The Balaban J connectivity index is 1.90. The van der Waals surface area contributed by atoms with Crippen molar-refractivity contribution in [3.8, 4) is 0 Å². The molecule has 0 saturated carbocycles. The molecule has 0 atom stereocenters. The maximum atomic E-state index is 13.5. The predicted octanol–water partition coefficient (Wildman–Crippen LogP) is 3.30. The first-order valence-corrected chi connectivity index (χ1v) is 7.41. The summed E-state index contributed by atoms with van der Waals surface area (Å²) >= 11 is 4.46. The van der Waals surface area contributed by atoms with Gasteiger partial charge >= 0.3 is 0 Å². The minimum absolute atomic E-state index is 0.161. The van der Waals surface area contributed by atoms with E-state index in [9.17, 15) is 9.18 Å². The van der Waals surface area contributed by atoms with Gasteiger partial charge in [-0.15, -0.1) is 11.8 Å². The number of halogens is 2. The average Bonchev–Trinajstić information content (AvgIpc) is 2.41. The van der Waals surface area contributed by atoms with Crippen molar-refractivity contribution in [2.75, 3.05) is 16.8 Å². The fourth-order valence-electron chi connectivity index (χ4n) is 1.40. The number of nitrogens with one attached hydrogen (secondary N) is 1. The standard InChI is InChI=1S/C13H11BrFN3OS/c14-8-1-3-11(10(15)5-8)18-13(19)7-20-9-2-4-12(16)17-6-9/h1-6H,7H2,(H2,16,17)(H,18,19). The number of carbonyl (C=O) groups excluding carboxylic acids is 1. The Morgan fingerprint density at radius 1 is 1.40 bits per heavy atom. The largest absolute Gasteiger partial charge is 0.384 e. The lowest BCUT2D eigenvalue weighted by Gasteiger charge is -2.06. The van der Waals surface area contributed by atoms with E-state index in [2.05, 4.69) is 26.2 Å². The number of hydrogen-bond donors (Lipinski definition) is 2. The monoisotopic (exact) mass is 355 g/mol. The first-order valence-electron chi connectivity index (χ1n) is 5.64. The van der Waals surface area contributed by atoms with Crippen LogP contribution in [0.5, 0.6) is 0 Å². The summed E-state index contributed by atoms with van der Waals surface area (Å²) in [4.78, 5) is 16.5. The zero-order chi connectivity index (χ0) is 14.5. The quantitative estimate of drug-likeness (QED) is 0.825. The van der Waals surface area contributed by atoms with Gasteiger partial charge in [0.05, 0.1) is 11.4 Å². The Kier molecular flexibility index (Phi) is 4.97. The smallest absolute Gasteiger partial charge is 0.234 e. The number of anilines is 2. The molecule has 0 aliphatic carbocycles. The van der Waals surface area contributed by atoms with Crippen LogP contribution in [0.1, 0.15) is 0 Å². The molecule has 1 aromatic carbocycles. The van der Waals surface area contributed by atoms with Gasteiger partial charge in [0.2, 0.25) is 5.91 Å². The zero-order valence-electron chi connectivity index (χ0n) is 10.3. The Hall–Kier alpha value is -1.60. The van der Waals surface area contributed by atoms with Crippen LogP contribution >= 0.6 is 27.7 Å². The molecule has 0 spiro atoms. The highest BCUT2D eigenvalue weighted by atomic mass is 79.9. The van der Waals surface area contributed by atoms with Gasteiger partial charge in [0.15, 0.2) is 0 Å². The third-order valence-electron chi connectivity index (χ3n) is 2.33. The summed E-state index contributed by atoms with van der Waals surface area (Å²) in [7, 11) is 0. The molecule has 7 heteroatoms. The van der Waals surface area contributed by atoms with Crippen LogP contribution in [0.25, 0.3) is 0 Å². The van der Waals surface area contributed by atoms with Gasteiger partial charge < -0.3 is 11.1 Å². The summed E-state index contributed by atoms with van der Waals surface area (Å²) in [6.45, 7) is 0. The summed E-state index contributed by atoms with van der Waals surface area (Å²) in [6.07, 6.45) is 1.59. The highest BCUT2D eigenvalue weighted by Gasteiger charge is 2.08. The molecule has 0 saturated heterocycles. The van der Waals surface area contributed by atoms with Gasteiger partial charge in [-0.05, 0) is 30.3 Å². The molecule has 0 bridgehead atoms. The molecule has 3 N–H and O–H groups in total. The number of aromatic nitrogens is 1. The van der Waals surface area contributed by atoms with Gasteiger partial charge in [0, 0.05) is 15.6 Å². The van der Waals surface area contributed by atoms with Crippen LogP contribution in [-0.2, 0) is 4.79 Å². The number of hydrogen-bond acceptors (Lipinski definition) is 4. The van der Waals surface area contributed by atoms with Crippen LogP contribution in [0.4, 0.5) is 15.9 Å². The van der Waals surface area contributed by atoms with E-state index < -0.39 is 5.82 Å². The van der Waals surface area contributed by atoms with Gasteiger partial charge in [0.1, 0.15) is 11.6 Å². The Morgan fingerprint density at radius 3 is 2.85 bits per heavy atom. The molecular weight excluding hydrogens is 345 g/mol. The zero-order valence-corrected chi connectivity index (χ0v) is 12.7. The summed E-state index contributed by atoms with van der Waals surface area (Å²) in [5.41, 5.74) is 5.63. The SMILES string of the molecule is Nc1ccc(SCC(=O)Nc2ccc(Br)cc2F)cn1. The fraction of sp³-hybridized carbons (Fsp3) is 0.0769. The highest BCUT2D eigenvalue weighted by Crippen LogP contribution is 2.21. The van der Waals surface area contributed by atoms with Gasteiger partial charge in [-0.3, -0.25) is 4.79 Å². The second-order valence-electron chi connectivity index (χ2n) is 3.88. The van der Waals surface area contributed by atoms with Crippen LogP contribution in [-0.4, -0.2) is 16.6 Å². The van der Waals surface area contributed by atoms with E-state index in [4.69, 9.17) is 5.73 Å². The first kappa shape index (κ1) is 14.8. The summed E-state index contributed by atoms with van der Waals surface area (Å²) in [6, 6.07) is 7.91. The molecule has 0 aliphatic rings. The molecule has 2 rings (SSSR count). The van der Waals surface area contributed by atoms with Crippen molar-refractivity contribution in [3.63, 3.8) is 0 Å². The van der Waals surface area contributed by atoms with Crippen molar-refractivity contribution in [1.29, 1.82) is 0 Å². The van der Waals surface area contributed by atoms with E-state index in [1.165, 1.54) is 23.9 Å². The molecule has 0 radical (unpaired) electrons. The molecule has 0 unspecified atom stereocenters. The Bertz CT molecular complexity index is 622. The van der Waals surface area contributed by atoms with Crippen molar-refractivity contribution in [2.45, 2.75) is 4.90 Å². The third-order valence-corrected chi connectivity index (χ3v) is 3.81. The lowest BCUT2D eigenvalue weighted by molar-refractivity contribution is -0.113. The van der Waals surface area contributed by atoms with E-state index in [0.29, 0.717) is 10.3 Å². The molecule has 1 amide bonds. The van der Waals surface area contributed by atoms with E-state index in [1.807, 2.05) is 0 Å². The molecule has 104 valence electrons. The minimum Gasteiger partial charge on any atom is -0.384 e. The maximum absolute atomic E-state index is 13.5. The van der Waals surface area contributed by atoms with Crippen molar-refractivity contribution in [3.05, 3.63) is 46.8 Å². The number of nitrogens with zero attached hydrogens (tertiary/aromatic N) is 1. The minimum atomic E-state index is -0.480. The topological polar surface area (TPSA) is 68.0 Å².